The molecule has 1 aromatic heterocycles. The van der Waals surface area contributed by atoms with Gasteiger partial charge in [-0.1, -0.05) is 22.0 Å². The molecule has 19 heavy (non-hydrogen) atoms. The van der Waals surface area contributed by atoms with Crippen LogP contribution in [0.15, 0.2) is 35.2 Å². The van der Waals surface area contributed by atoms with Crippen LogP contribution in [0.3, 0.4) is 0 Å². The van der Waals surface area contributed by atoms with E-state index in [1.54, 1.807) is 12.4 Å². The van der Waals surface area contributed by atoms with Crippen LogP contribution in [0.4, 0.5) is 4.39 Å². The first kappa shape index (κ1) is 12.8. The van der Waals surface area contributed by atoms with Gasteiger partial charge in [-0.25, -0.2) is 9.37 Å². The molecular formula is C14H15BrFN3. The van der Waals surface area contributed by atoms with Gasteiger partial charge in [0.25, 0.3) is 0 Å². The predicted octanol–water partition coefficient (Wildman–Crippen LogP) is 3.09. The van der Waals surface area contributed by atoms with E-state index in [-0.39, 0.29) is 5.82 Å². The van der Waals surface area contributed by atoms with Gasteiger partial charge in [0.1, 0.15) is 5.82 Å². The van der Waals surface area contributed by atoms with Crippen molar-refractivity contribution < 1.29 is 4.39 Å². The highest BCUT2D eigenvalue weighted by atomic mass is 79.9. The second-order valence-electron chi connectivity index (χ2n) is 4.93. The summed E-state index contributed by atoms with van der Waals surface area (Å²) in [5, 5.41) is 3.41. The smallest absolute Gasteiger partial charge is 0.129 e. The Kier molecular flexibility index (Phi) is 3.66. The third-order valence-electron chi connectivity index (χ3n) is 3.20. The number of hydrogen-bond acceptors (Lipinski definition) is 2. The zero-order chi connectivity index (χ0) is 13.2. The van der Waals surface area contributed by atoms with Gasteiger partial charge in [-0.15, -0.1) is 0 Å². The standard InChI is InChI=1S/C14H15BrFN3/c15-11-2-1-10(14(16)5-11)7-19-8-13(18-9-19)6-17-12-3-4-12/h1-2,5,8-9,12,17H,3-4,6-7H2. The van der Waals surface area contributed by atoms with Crippen molar-refractivity contribution in [2.24, 2.45) is 0 Å². The van der Waals surface area contributed by atoms with Gasteiger partial charge in [-0.2, -0.15) is 0 Å². The second kappa shape index (κ2) is 5.43. The van der Waals surface area contributed by atoms with Gasteiger partial charge >= 0.3 is 0 Å². The maximum absolute atomic E-state index is 13.7. The Hall–Kier alpha value is -1.20. The van der Waals surface area contributed by atoms with Crippen LogP contribution in [0.1, 0.15) is 24.1 Å². The van der Waals surface area contributed by atoms with E-state index in [1.165, 1.54) is 18.9 Å². The largest absolute Gasteiger partial charge is 0.333 e. The van der Waals surface area contributed by atoms with Crippen molar-refractivity contribution in [1.29, 1.82) is 0 Å². The van der Waals surface area contributed by atoms with Crippen LogP contribution in [0.2, 0.25) is 0 Å². The zero-order valence-corrected chi connectivity index (χ0v) is 12.0. The zero-order valence-electron chi connectivity index (χ0n) is 10.4. The summed E-state index contributed by atoms with van der Waals surface area (Å²) >= 11 is 3.26. The Morgan fingerprint density at radius 1 is 1.42 bits per heavy atom. The summed E-state index contributed by atoms with van der Waals surface area (Å²) in [6.45, 7) is 1.30. The fourth-order valence-corrected chi connectivity index (χ4v) is 2.30. The van der Waals surface area contributed by atoms with Gasteiger partial charge in [0, 0.05) is 28.8 Å². The molecule has 1 aromatic carbocycles. The number of halogens is 2. The Labute approximate surface area is 120 Å². The SMILES string of the molecule is Fc1cc(Br)ccc1Cn1cnc(CNC2CC2)c1. The summed E-state index contributed by atoms with van der Waals surface area (Å²) in [6.07, 6.45) is 6.26. The van der Waals surface area contributed by atoms with E-state index in [9.17, 15) is 4.39 Å². The van der Waals surface area contributed by atoms with Crippen LogP contribution in [0, 0.1) is 5.82 Å². The van der Waals surface area contributed by atoms with Crippen LogP contribution in [0.25, 0.3) is 0 Å². The number of hydrogen-bond donors (Lipinski definition) is 1. The summed E-state index contributed by atoms with van der Waals surface area (Å²) in [4.78, 5) is 4.33. The molecule has 0 bridgehead atoms. The predicted molar refractivity (Wildman–Crippen MR) is 75.3 cm³/mol. The molecule has 3 nitrogen and oxygen atoms in total. The molecule has 2 aromatic rings. The molecule has 100 valence electrons. The molecule has 0 unspecified atom stereocenters. The maximum Gasteiger partial charge on any atom is 0.129 e. The van der Waals surface area contributed by atoms with E-state index < -0.39 is 0 Å². The molecule has 3 rings (SSSR count). The molecule has 5 heteroatoms. The van der Waals surface area contributed by atoms with Crippen LogP contribution in [-0.2, 0) is 13.1 Å². The van der Waals surface area contributed by atoms with Crippen molar-refractivity contribution in [2.45, 2.75) is 32.0 Å². The molecule has 1 fully saturated rings. The van der Waals surface area contributed by atoms with E-state index in [1.807, 2.05) is 16.8 Å². The van der Waals surface area contributed by atoms with Crippen molar-refractivity contribution in [3.63, 3.8) is 0 Å². The maximum atomic E-state index is 13.7. The average Bonchev–Trinajstić information content (AvgIpc) is 3.10. The number of rotatable bonds is 5. The lowest BCUT2D eigenvalue weighted by atomic mass is 10.2. The Balaban J connectivity index is 1.65. The molecule has 1 heterocycles. The minimum atomic E-state index is -0.194. The summed E-state index contributed by atoms with van der Waals surface area (Å²) < 4.78 is 16.4. The molecule has 1 saturated carbocycles. The summed E-state index contributed by atoms with van der Waals surface area (Å²) in [7, 11) is 0. The van der Waals surface area contributed by atoms with Gasteiger partial charge in [-0.05, 0) is 25.0 Å². The van der Waals surface area contributed by atoms with Gasteiger partial charge in [0.15, 0.2) is 0 Å². The molecule has 0 saturated heterocycles. The summed E-state index contributed by atoms with van der Waals surface area (Å²) in [6, 6.07) is 5.81. The normalized spacial score (nSPS) is 14.8. The first-order valence-corrected chi connectivity index (χ1v) is 7.18. The molecule has 1 aliphatic carbocycles. The highest BCUT2D eigenvalue weighted by molar-refractivity contribution is 9.10. The minimum absolute atomic E-state index is 0.194. The molecule has 0 spiro atoms. The van der Waals surface area contributed by atoms with E-state index in [0.717, 1.165) is 16.7 Å². The molecule has 0 atom stereocenters. The number of aromatic nitrogens is 2. The number of nitrogens with zero attached hydrogens (tertiary/aromatic N) is 2. The molecule has 0 amide bonds. The highest BCUT2D eigenvalue weighted by Crippen LogP contribution is 2.19. The van der Waals surface area contributed by atoms with Crippen molar-refractivity contribution >= 4 is 15.9 Å². The molecular weight excluding hydrogens is 309 g/mol. The highest BCUT2D eigenvalue weighted by Gasteiger charge is 2.20. The quantitative estimate of drug-likeness (QED) is 0.916. The van der Waals surface area contributed by atoms with Gasteiger partial charge in [-0.3, -0.25) is 0 Å². The summed E-state index contributed by atoms with van der Waals surface area (Å²) in [5.74, 6) is -0.194. The lowest BCUT2D eigenvalue weighted by Crippen LogP contribution is -2.15. The first-order valence-electron chi connectivity index (χ1n) is 6.38. The van der Waals surface area contributed by atoms with E-state index >= 15 is 0 Å². The topological polar surface area (TPSA) is 29.9 Å². The number of benzene rings is 1. The van der Waals surface area contributed by atoms with Crippen LogP contribution >= 0.6 is 15.9 Å². The van der Waals surface area contributed by atoms with Gasteiger partial charge in [0.05, 0.1) is 18.6 Å². The Morgan fingerprint density at radius 3 is 3.00 bits per heavy atom. The van der Waals surface area contributed by atoms with Crippen molar-refractivity contribution in [3.05, 3.63) is 52.3 Å². The van der Waals surface area contributed by atoms with Crippen molar-refractivity contribution in [2.75, 3.05) is 0 Å². The van der Waals surface area contributed by atoms with Crippen LogP contribution < -0.4 is 5.32 Å². The lowest BCUT2D eigenvalue weighted by molar-refractivity contribution is 0.598. The third kappa shape index (κ3) is 3.42. The Morgan fingerprint density at radius 2 is 2.26 bits per heavy atom. The molecule has 1 N–H and O–H groups in total. The van der Waals surface area contributed by atoms with Crippen LogP contribution in [-0.4, -0.2) is 15.6 Å². The monoisotopic (exact) mass is 323 g/mol. The van der Waals surface area contributed by atoms with Gasteiger partial charge < -0.3 is 9.88 Å². The second-order valence-corrected chi connectivity index (χ2v) is 5.84. The third-order valence-corrected chi connectivity index (χ3v) is 3.70. The fourth-order valence-electron chi connectivity index (χ4n) is 1.97. The van der Waals surface area contributed by atoms with E-state index in [2.05, 4.69) is 26.2 Å². The lowest BCUT2D eigenvalue weighted by Gasteiger charge is -2.04. The molecule has 0 radical (unpaired) electrons. The average molecular weight is 324 g/mol. The van der Waals surface area contributed by atoms with E-state index in [4.69, 9.17) is 0 Å². The molecule has 0 aliphatic heterocycles. The van der Waals surface area contributed by atoms with Crippen molar-refractivity contribution in [3.8, 4) is 0 Å². The minimum Gasteiger partial charge on any atom is -0.333 e. The summed E-state index contributed by atoms with van der Waals surface area (Å²) in [5.41, 5.74) is 1.67. The van der Waals surface area contributed by atoms with E-state index in [0.29, 0.717) is 18.2 Å². The van der Waals surface area contributed by atoms with Crippen LogP contribution in [0.5, 0.6) is 0 Å². The van der Waals surface area contributed by atoms with Gasteiger partial charge in [0.2, 0.25) is 0 Å². The number of imidazole rings is 1. The number of nitrogens with one attached hydrogen (secondary N) is 1. The fraction of sp³-hybridized carbons (Fsp3) is 0.357. The Bertz CT molecular complexity index is 578. The van der Waals surface area contributed by atoms with Crippen molar-refractivity contribution in [1.82, 2.24) is 14.9 Å². The molecule has 1 aliphatic rings. The first-order chi connectivity index (χ1) is 9.20.